The van der Waals surface area contributed by atoms with Gasteiger partial charge in [0.2, 0.25) is 0 Å². The number of thioether (sulfide) groups is 1. The Morgan fingerprint density at radius 3 is 2.65 bits per heavy atom. The molecule has 0 aliphatic rings. The summed E-state index contributed by atoms with van der Waals surface area (Å²) in [5, 5.41) is 11.6. The highest BCUT2D eigenvalue weighted by Crippen LogP contribution is 2.30. The highest BCUT2D eigenvalue weighted by atomic mass is 127. The van der Waals surface area contributed by atoms with Gasteiger partial charge < -0.3 is 9.55 Å². The van der Waals surface area contributed by atoms with E-state index < -0.39 is 0 Å². The van der Waals surface area contributed by atoms with E-state index in [1.807, 2.05) is 36.4 Å². The van der Waals surface area contributed by atoms with Gasteiger partial charge in [0.25, 0.3) is 0 Å². The van der Waals surface area contributed by atoms with Crippen molar-refractivity contribution in [2.45, 2.75) is 11.7 Å². The van der Waals surface area contributed by atoms with E-state index in [1.165, 1.54) is 20.9 Å². The van der Waals surface area contributed by atoms with Crippen LogP contribution in [0.15, 0.2) is 89.1 Å². The van der Waals surface area contributed by atoms with Crippen LogP contribution in [0, 0.1) is 14.9 Å². The number of halogens is 1. The predicted octanol–water partition coefficient (Wildman–Crippen LogP) is 6.83. The standard InChI is InChI=1S/C25H17IN4S/c26-19-11-9-17(10-12-19)15-30-16-18(21-5-1-4-8-24(21)30)13-20(14-27)31-25-28-22-6-2-3-7-23(22)29-25/h1-13,16H,15H2,(H,28,29)/b20-13+. The highest BCUT2D eigenvalue weighted by Gasteiger charge is 2.11. The summed E-state index contributed by atoms with van der Waals surface area (Å²) in [7, 11) is 0. The third kappa shape index (κ3) is 4.24. The van der Waals surface area contributed by atoms with Gasteiger partial charge in [-0.2, -0.15) is 5.26 Å². The van der Waals surface area contributed by atoms with E-state index in [9.17, 15) is 5.26 Å². The molecule has 31 heavy (non-hydrogen) atoms. The second-order valence-corrected chi connectivity index (χ2v) is 9.41. The molecule has 5 aromatic rings. The van der Waals surface area contributed by atoms with Crippen molar-refractivity contribution in [1.82, 2.24) is 14.5 Å². The lowest BCUT2D eigenvalue weighted by Gasteiger charge is -2.05. The summed E-state index contributed by atoms with van der Waals surface area (Å²) in [5.41, 5.74) is 5.29. The van der Waals surface area contributed by atoms with Crippen LogP contribution in [0.3, 0.4) is 0 Å². The molecule has 0 aliphatic heterocycles. The number of nitrogens with one attached hydrogen (secondary N) is 1. The number of fused-ring (bicyclic) bond motifs is 2. The maximum absolute atomic E-state index is 9.78. The highest BCUT2D eigenvalue weighted by molar-refractivity contribution is 14.1. The summed E-state index contributed by atoms with van der Waals surface area (Å²) >= 11 is 3.68. The minimum atomic E-state index is 0.594. The van der Waals surface area contributed by atoms with Crippen molar-refractivity contribution in [3.63, 3.8) is 0 Å². The first-order valence-electron chi connectivity index (χ1n) is 9.76. The lowest BCUT2D eigenvalue weighted by Crippen LogP contribution is -1.97. The van der Waals surface area contributed by atoms with Crippen LogP contribution in [0.2, 0.25) is 0 Å². The number of hydrogen-bond acceptors (Lipinski definition) is 3. The Morgan fingerprint density at radius 2 is 1.84 bits per heavy atom. The number of rotatable bonds is 5. The molecule has 1 N–H and O–H groups in total. The zero-order valence-electron chi connectivity index (χ0n) is 16.4. The molecular weight excluding hydrogens is 515 g/mol. The van der Waals surface area contributed by atoms with Crippen molar-refractivity contribution in [3.8, 4) is 6.07 Å². The quantitative estimate of drug-likeness (QED) is 0.153. The van der Waals surface area contributed by atoms with Crippen molar-refractivity contribution in [2.24, 2.45) is 0 Å². The molecule has 5 rings (SSSR count). The fourth-order valence-electron chi connectivity index (χ4n) is 3.62. The molecule has 150 valence electrons. The molecule has 0 atom stereocenters. The van der Waals surface area contributed by atoms with Crippen LogP contribution in [0.4, 0.5) is 0 Å². The SMILES string of the molecule is N#C/C(=C\c1cn(Cc2ccc(I)cc2)c2ccccc12)Sc1nc2ccccc2[nH]1. The van der Waals surface area contributed by atoms with Crippen LogP contribution < -0.4 is 0 Å². The third-order valence-electron chi connectivity index (χ3n) is 5.06. The molecule has 0 radical (unpaired) electrons. The van der Waals surface area contributed by atoms with Gasteiger partial charge in [0.05, 0.1) is 15.9 Å². The number of nitriles is 1. The Balaban J connectivity index is 1.50. The first-order valence-corrected chi connectivity index (χ1v) is 11.7. The second-order valence-electron chi connectivity index (χ2n) is 7.14. The number of imidazole rings is 1. The van der Waals surface area contributed by atoms with Gasteiger partial charge >= 0.3 is 0 Å². The molecule has 0 amide bonds. The zero-order valence-corrected chi connectivity index (χ0v) is 19.4. The molecule has 0 saturated heterocycles. The van der Waals surface area contributed by atoms with Crippen molar-refractivity contribution in [3.05, 3.63) is 98.6 Å². The number of H-pyrrole nitrogens is 1. The fraction of sp³-hybridized carbons (Fsp3) is 0.0400. The van der Waals surface area contributed by atoms with Crippen LogP contribution in [0.25, 0.3) is 28.0 Å². The molecular formula is C25H17IN4S. The summed E-state index contributed by atoms with van der Waals surface area (Å²) in [6.45, 7) is 0.782. The largest absolute Gasteiger partial charge is 0.342 e. The summed E-state index contributed by atoms with van der Waals surface area (Å²) < 4.78 is 3.47. The van der Waals surface area contributed by atoms with Gasteiger partial charge in [-0.05, 0) is 76.3 Å². The molecule has 4 nitrogen and oxygen atoms in total. The molecule has 0 spiro atoms. The van der Waals surface area contributed by atoms with Gasteiger partial charge in [-0.25, -0.2) is 4.98 Å². The summed E-state index contributed by atoms with van der Waals surface area (Å²) in [5.74, 6) is 0. The Hall–Kier alpha value is -3.02. The summed E-state index contributed by atoms with van der Waals surface area (Å²) in [4.78, 5) is 8.46. The summed E-state index contributed by atoms with van der Waals surface area (Å²) in [6, 6.07) is 27.1. The van der Waals surface area contributed by atoms with Crippen LogP contribution >= 0.6 is 34.4 Å². The Kier molecular flexibility index (Phi) is 5.53. The molecule has 0 saturated carbocycles. The van der Waals surface area contributed by atoms with Crippen molar-refractivity contribution < 1.29 is 0 Å². The van der Waals surface area contributed by atoms with Crippen LogP contribution in [-0.2, 0) is 6.54 Å². The number of nitrogens with zero attached hydrogens (tertiary/aromatic N) is 3. The fourth-order valence-corrected chi connectivity index (χ4v) is 4.72. The Labute approximate surface area is 197 Å². The molecule has 2 heterocycles. The minimum Gasteiger partial charge on any atom is -0.342 e. The van der Waals surface area contributed by atoms with E-state index in [2.05, 4.69) is 91.9 Å². The third-order valence-corrected chi connectivity index (χ3v) is 6.59. The molecule has 2 aromatic heterocycles. The minimum absolute atomic E-state index is 0.594. The number of hydrogen-bond donors (Lipinski definition) is 1. The summed E-state index contributed by atoms with van der Waals surface area (Å²) in [6.07, 6.45) is 4.07. The van der Waals surface area contributed by atoms with Crippen LogP contribution in [-0.4, -0.2) is 14.5 Å². The van der Waals surface area contributed by atoms with Crippen molar-refractivity contribution in [1.29, 1.82) is 5.26 Å². The van der Waals surface area contributed by atoms with Gasteiger partial charge in [0.15, 0.2) is 5.16 Å². The normalized spacial score (nSPS) is 11.8. The maximum Gasteiger partial charge on any atom is 0.171 e. The first-order chi connectivity index (χ1) is 15.2. The predicted molar refractivity (Wildman–Crippen MR) is 136 cm³/mol. The van der Waals surface area contributed by atoms with Gasteiger partial charge in [0, 0.05) is 32.8 Å². The second kappa shape index (κ2) is 8.61. The maximum atomic E-state index is 9.78. The van der Waals surface area contributed by atoms with Gasteiger partial charge in [-0.1, -0.05) is 42.5 Å². The molecule has 3 aromatic carbocycles. The molecule has 6 heteroatoms. The lowest BCUT2D eigenvalue weighted by molar-refractivity contribution is 0.836. The Morgan fingerprint density at radius 1 is 1.06 bits per heavy atom. The average molecular weight is 532 g/mol. The molecule has 0 aliphatic carbocycles. The topological polar surface area (TPSA) is 57.4 Å². The smallest absolute Gasteiger partial charge is 0.171 e. The number of benzene rings is 3. The van der Waals surface area contributed by atoms with E-state index in [-0.39, 0.29) is 0 Å². The Bertz CT molecular complexity index is 1420. The van der Waals surface area contributed by atoms with Crippen molar-refractivity contribution >= 4 is 62.4 Å². The number of allylic oxidation sites excluding steroid dienone is 1. The van der Waals surface area contributed by atoms with Gasteiger partial charge in [-0.3, -0.25) is 0 Å². The molecule has 0 bridgehead atoms. The number of aromatic amines is 1. The first kappa shape index (κ1) is 19.9. The van der Waals surface area contributed by atoms with E-state index in [0.29, 0.717) is 4.91 Å². The monoisotopic (exact) mass is 532 g/mol. The van der Waals surface area contributed by atoms with E-state index in [1.54, 1.807) is 0 Å². The van der Waals surface area contributed by atoms with Gasteiger partial charge in [0.1, 0.15) is 6.07 Å². The van der Waals surface area contributed by atoms with E-state index in [0.717, 1.165) is 39.2 Å². The van der Waals surface area contributed by atoms with Gasteiger partial charge in [-0.15, -0.1) is 0 Å². The average Bonchev–Trinajstić information content (AvgIpc) is 3.36. The molecule has 0 fully saturated rings. The number of para-hydroxylation sites is 3. The molecule has 0 unspecified atom stereocenters. The van der Waals surface area contributed by atoms with E-state index >= 15 is 0 Å². The van der Waals surface area contributed by atoms with Crippen molar-refractivity contribution in [2.75, 3.05) is 0 Å². The lowest BCUT2D eigenvalue weighted by atomic mass is 10.1. The van der Waals surface area contributed by atoms with Crippen LogP contribution in [0.1, 0.15) is 11.1 Å². The zero-order chi connectivity index (χ0) is 21.2. The van der Waals surface area contributed by atoms with Crippen LogP contribution in [0.5, 0.6) is 0 Å². The van der Waals surface area contributed by atoms with E-state index in [4.69, 9.17) is 0 Å². The number of aromatic nitrogens is 3.